The number of hydrogen-bond acceptors (Lipinski definition) is 5. The molecule has 1 aliphatic heterocycles. The van der Waals surface area contributed by atoms with Gasteiger partial charge in [0.1, 0.15) is 0 Å². The van der Waals surface area contributed by atoms with Gasteiger partial charge in [0, 0.05) is 37.8 Å². The van der Waals surface area contributed by atoms with Crippen LogP contribution in [0, 0.1) is 0 Å². The van der Waals surface area contributed by atoms with Gasteiger partial charge in [-0.1, -0.05) is 24.3 Å². The monoisotopic (exact) mass is 383 g/mol. The predicted molar refractivity (Wildman–Crippen MR) is 104 cm³/mol. The van der Waals surface area contributed by atoms with Gasteiger partial charge in [-0.15, -0.1) is 0 Å². The summed E-state index contributed by atoms with van der Waals surface area (Å²) in [6.45, 7) is 6.48. The Morgan fingerprint density at radius 1 is 1.18 bits per heavy atom. The molecule has 0 unspecified atom stereocenters. The fraction of sp³-hybridized carbons (Fsp3) is 0.333. The molecule has 148 valence electrons. The van der Waals surface area contributed by atoms with Crippen molar-refractivity contribution in [3.05, 3.63) is 65.6 Å². The number of hydrogen-bond donors (Lipinski definition) is 2. The maximum atomic E-state index is 12.7. The topological polar surface area (TPSA) is 86.0 Å². The number of benzene rings is 1. The number of rotatable bonds is 5. The van der Waals surface area contributed by atoms with E-state index < -0.39 is 5.91 Å². The first-order valence-electron chi connectivity index (χ1n) is 9.27. The molecule has 2 atom stereocenters. The lowest BCUT2D eigenvalue weighted by atomic mass is 10.1. The Balaban J connectivity index is 1.60. The molecule has 28 heavy (non-hydrogen) atoms. The van der Waals surface area contributed by atoms with E-state index in [2.05, 4.69) is 18.7 Å². The summed E-state index contributed by atoms with van der Waals surface area (Å²) < 4.78 is 5.27. The van der Waals surface area contributed by atoms with E-state index in [-0.39, 0.29) is 18.0 Å². The highest BCUT2D eigenvalue weighted by Gasteiger charge is 2.34. The minimum absolute atomic E-state index is 0.0623. The van der Waals surface area contributed by atoms with Crippen LogP contribution in [0.2, 0.25) is 0 Å². The maximum absolute atomic E-state index is 12.7. The van der Waals surface area contributed by atoms with E-state index in [1.165, 1.54) is 12.3 Å². The summed E-state index contributed by atoms with van der Waals surface area (Å²) in [7, 11) is 0. The third-order valence-electron chi connectivity index (χ3n) is 4.88. The Labute approximate surface area is 164 Å². The molecule has 1 aromatic carbocycles. The van der Waals surface area contributed by atoms with Crippen LogP contribution in [0.15, 0.2) is 53.2 Å². The smallest absolute Gasteiger partial charge is 0.290 e. The summed E-state index contributed by atoms with van der Waals surface area (Å²) in [6.07, 6.45) is 4.43. The Hall–Kier alpha value is -2.90. The van der Waals surface area contributed by atoms with E-state index in [0.29, 0.717) is 5.76 Å². The van der Waals surface area contributed by atoms with Gasteiger partial charge in [-0.2, -0.15) is 0 Å². The molecule has 7 nitrogen and oxygen atoms in total. The maximum Gasteiger partial charge on any atom is 0.290 e. The fourth-order valence-electron chi connectivity index (χ4n) is 3.69. The number of piperazine rings is 1. The van der Waals surface area contributed by atoms with Crippen molar-refractivity contribution >= 4 is 17.9 Å². The minimum atomic E-state index is -0.561. The molecule has 0 radical (unpaired) electrons. The molecule has 2 amide bonds. The van der Waals surface area contributed by atoms with Gasteiger partial charge in [-0.3, -0.25) is 19.7 Å². The van der Waals surface area contributed by atoms with Crippen molar-refractivity contribution in [3.8, 4) is 0 Å². The largest absolute Gasteiger partial charge is 0.459 e. The van der Waals surface area contributed by atoms with E-state index in [1.807, 2.05) is 29.2 Å². The Morgan fingerprint density at radius 2 is 1.86 bits per heavy atom. The third-order valence-corrected chi connectivity index (χ3v) is 4.88. The molecule has 0 spiro atoms. The first-order valence-corrected chi connectivity index (χ1v) is 9.27. The minimum Gasteiger partial charge on any atom is -0.459 e. The highest BCUT2D eigenvalue weighted by Crippen LogP contribution is 2.21. The SMILES string of the molecule is C[C@@H]1CN(Cc2ccc(/C=C/C(=O)NO)cc2)C[C@H](C)N1C(=O)c1ccco1. The molecule has 1 aromatic heterocycles. The molecule has 1 aliphatic rings. The van der Waals surface area contributed by atoms with Crippen LogP contribution in [-0.2, 0) is 11.3 Å². The first kappa shape index (κ1) is 19.9. The highest BCUT2D eigenvalue weighted by atomic mass is 16.5. The Bertz CT molecular complexity index is 818. The molecule has 0 bridgehead atoms. The molecule has 0 saturated carbocycles. The number of furan rings is 1. The molecule has 3 rings (SSSR count). The Kier molecular flexibility index (Phi) is 6.28. The average molecular weight is 383 g/mol. The lowest BCUT2D eigenvalue weighted by Crippen LogP contribution is -2.58. The summed E-state index contributed by atoms with van der Waals surface area (Å²) in [4.78, 5) is 28.0. The number of carbonyl (C=O) groups is 2. The van der Waals surface area contributed by atoms with Crippen molar-refractivity contribution in [2.45, 2.75) is 32.5 Å². The van der Waals surface area contributed by atoms with Gasteiger partial charge in [-0.25, -0.2) is 5.48 Å². The van der Waals surface area contributed by atoms with E-state index in [0.717, 1.165) is 30.8 Å². The van der Waals surface area contributed by atoms with E-state index >= 15 is 0 Å². The van der Waals surface area contributed by atoms with E-state index in [4.69, 9.17) is 9.62 Å². The molecule has 2 N–H and O–H groups in total. The second-order valence-corrected chi connectivity index (χ2v) is 7.13. The molecule has 7 heteroatoms. The first-order chi connectivity index (χ1) is 13.5. The van der Waals surface area contributed by atoms with Crippen molar-refractivity contribution in [3.63, 3.8) is 0 Å². The van der Waals surface area contributed by atoms with Crippen LogP contribution < -0.4 is 5.48 Å². The van der Waals surface area contributed by atoms with Crippen LogP contribution in [0.5, 0.6) is 0 Å². The van der Waals surface area contributed by atoms with Crippen LogP contribution in [0.25, 0.3) is 6.08 Å². The van der Waals surface area contributed by atoms with Crippen LogP contribution in [-0.4, -0.2) is 52.0 Å². The van der Waals surface area contributed by atoms with Crippen molar-refractivity contribution < 1.29 is 19.2 Å². The number of amides is 2. The second kappa shape index (κ2) is 8.86. The molecule has 0 aliphatic carbocycles. The second-order valence-electron chi connectivity index (χ2n) is 7.13. The number of nitrogens with zero attached hydrogens (tertiary/aromatic N) is 2. The van der Waals surface area contributed by atoms with Crippen molar-refractivity contribution in [2.24, 2.45) is 0 Å². The normalized spacial score (nSPS) is 20.5. The summed E-state index contributed by atoms with van der Waals surface area (Å²) >= 11 is 0. The number of hydroxylamine groups is 1. The van der Waals surface area contributed by atoms with Crippen molar-refractivity contribution in [2.75, 3.05) is 13.1 Å². The quantitative estimate of drug-likeness (QED) is 0.471. The average Bonchev–Trinajstić information content (AvgIpc) is 3.21. The van der Waals surface area contributed by atoms with Crippen LogP contribution >= 0.6 is 0 Å². The van der Waals surface area contributed by atoms with Crippen LogP contribution in [0.4, 0.5) is 0 Å². The summed E-state index contributed by atoms with van der Waals surface area (Å²) in [5, 5.41) is 8.50. The fourth-order valence-corrected chi connectivity index (χ4v) is 3.69. The van der Waals surface area contributed by atoms with Gasteiger partial charge >= 0.3 is 0 Å². The van der Waals surface area contributed by atoms with Gasteiger partial charge in [0.25, 0.3) is 11.8 Å². The van der Waals surface area contributed by atoms with Gasteiger partial charge in [-0.05, 0) is 43.2 Å². The number of carbonyl (C=O) groups excluding carboxylic acids is 2. The van der Waals surface area contributed by atoms with E-state index in [1.54, 1.807) is 23.7 Å². The Morgan fingerprint density at radius 3 is 2.43 bits per heavy atom. The zero-order valence-corrected chi connectivity index (χ0v) is 16.0. The molecule has 1 fully saturated rings. The standard InChI is InChI=1S/C21H25N3O4/c1-15-12-23(13-16(2)24(15)21(26)19-4-3-11-28-19)14-18-7-5-17(6-8-18)9-10-20(25)22-27/h3-11,15-16,27H,12-14H2,1-2H3,(H,22,25)/b10-9+/t15-,16+. The van der Waals surface area contributed by atoms with Gasteiger partial charge in [0.15, 0.2) is 5.76 Å². The van der Waals surface area contributed by atoms with Crippen LogP contribution in [0.1, 0.15) is 35.5 Å². The summed E-state index contributed by atoms with van der Waals surface area (Å²) in [5.74, 6) is -0.243. The summed E-state index contributed by atoms with van der Waals surface area (Å²) in [5.41, 5.74) is 3.60. The van der Waals surface area contributed by atoms with E-state index in [9.17, 15) is 9.59 Å². The van der Waals surface area contributed by atoms with Gasteiger partial charge in [0.2, 0.25) is 0 Å². The molecular formula is C21H25N3O4. The van der Waals surface area contributed by atoms with Gasteiger partial charge in [0.05, 0.1) is 6.26 Å². The third kappa shape index (κ3) is 4.68. The van der Waals surface area contributed by atoms with Crippen molar-refractivity contribution in [1.82, 2.24) is 15.3 Å². The summed E-state index contributed by atoms with van der Waals surface area (Å²) in [6, 6.07) is 11.5. The van der Waals surface area contributed by atoms with Crippen molar-refractivity contribution in [1.29, 1.82) is 0 Å². The molecule has 2 aromatic rings. The lowest BCUT2D eigenvalue weighted by Gasteiger charge is -2.44. The highest BCUT2D eigenvalue weighted by molar-refractivity contribution is 5.92. The zero-order chi connectivity index (χ0) is 20.1. The zero-order valence-electron chi connectivity index (χ0n) is 16.0. The molecule has 1 saturated heterocycles. The predicted octanol–water partition coefficient (Wildman–Crippen LogP) is 2.53. The number of nitrogens with one attached hydrogen (secondary N) is 1. The van der Waals surface area contributed by atoms with Crippen LogP contribution in [0.3, 0.4) is 0 Å². The molecular weight excluding hydrogens is 358 g/mol. The lowest BCUT2D eigenvalue weighted by molar-refractivity contribution is -0.124. The van der Waals surface area contributed by atoms with Gasteiger partial charge < -0.3 is 9.32 Å². The molecule has 2 heterocycles.